The van der Waals surface area contributed by atoms with Crippen LogP contribution in [0.25, 0.3) is 10.9 Å². The second kappa shape index (κ2) is 10.9. The number of aromatic nitrogens is 2. The Kier molecular flexibility index (Phi) is 7.70. The Hall–Kier alpha value is -3.09. The molecule has 0 aliphatic heterocycles. The molecule has 2 heterocycles. The highest BCUT2D eigenvalue weighted by molar-refractivity contribution is 6.38. The molecule has 1 atom stereocenters. The van der Waals surface area contributed by atoms with Crippen molar-refractivity contribution in [2.24, 2.45) is 0 Å². The standard InChI is InChI=1S/C26H26Cl2N4O2/c1-3-23-30-25-21(14-19(27)15-22(25)28)26(31-23)32(16-20-10-7-13-34-20)12-11-24(33)29-17(2)18-8-5-4-6-9-18/h4-10,13-15,17H,3,11-12,16H2,1-2H3,(H,29,33)/t17-/m1/s1. The molecule has 34 heavy (non-hydrogen) atoms. The van der Waals surface area contributed by atoms with E-state index in [2.05, 4.69) is 10.3 Å². The lowest BCUT2D eigenvalue weighted by Crippen LogP contribution is -2.32. The van der Waals surface area contributed by atoms with Gasteiger partial charge in [-0.2, -0.15) is 0 Å². The van der Waals surface area contributed by atoms with Crippen LogP contribution in [0.2, 0.25) is 10.0 Å². The average molecular weight is 497 g/mol. The molecule has 6 nitrogen and oxygen atoms in total. The lowest BCUT2D eigenvalue weighted by molar-refractivity contribution is -0.121. The van der Waals surface area contributed by atoms with E-state index in [1.165, 1.54) is 0 Å². The summed E-state index contributed by atoms with van der Waals surface area (Å²) in [6.45, 7) is 4.83. The lowest BCUT2D eigenvalue weighted by Gasteiger charge is -2.25. The number of nitrogens with one attached hydrogen (secondary N) is 1. The van der Waals surface area contributed by atoms with Crippen molar-refractivity contribution in [3.63, 3.8) is 0 Å². The Morgan fingerprint density at radius 2 is 1.91 bits per heavy atom. The topological polar surface area (TPSA) is 71.3 Å². The summed E-state index contributed by atoms with van der Waals surface area (Å²) >= 11 is 12.8. The van der Waals surface area contributed by atoms with Crippen LogP contribution < -0.4 is 10.2 Å². The van der Waals surface area contributed by atoms with Gasteiger partial charge in [0.25, 0.3) is 0 Å². The normalized spacial score (nSPS) is 12.0. The predicted octanol–water partition coefficient (Wildman–Crippen LogP) is 6.37. The summed E-state index contributed by atoms with van der Waals surface area (Å²) < 4.78 is 5.59. The number of hydrogen-bond donors (Lipinski definition) is 1. The van der Waals surface area contributed by atoms with E-state index in [-0.39, 0.29) is 18.4 Å². The van der Waals surface area contributed by atoms with Crippen LogP contribution in [0, 0.1) is 0 Å². The number of anilines is 1. The lowest BCUT2D eigenvalue weighted by atomic mass is 10.1. The van der Waals surface area contributed by atoms with E-state index in [9.17, 15) is 4.79 Å². The molecule has 2 aromatic heterocycles. The highest BCUT2D eigenvalue weighted by atomic mass is 35.5. The zero-order valence-corrected chi connectivity index (χ0v) is 20.6. The molecule has 176 valence electrons. The van der Waals surface area contributed by atoms with Gasteiger partial charge in [0.2, 0.25) is 5.91 Å². The number of benzene rings is 2. The van der Waals surface area contributed by atoms with Gasteiger partial charge in [-0.3, -0.25) is 4.79 Å². The SMILES string of the molecule is CCc1nc(N(CCC(=O)N[C@H](C)c2ccccc2)Cc2ccco2)c2cc(Cl)cc(Cl)c2n1. The Morgan fingerprint density at radius 1 is 1.12 bits per heavy atom. The maximum Gasteiger partial charge on any atom is 0.222 e. The van der Waals surface area contributed by atoms with Gasteiger partial charge in [-0.05, 0) is 36.8 Å². The van der Waals surface area contributed by atoms with Gasteiger partial charge >= 0.3 is 0 Å². The van der Waals surface area contributed by atoms with Crippen molar-refractivity contribution in [1.29, 1.82) is 0 Å². The molecule has 0 unspecified atom stereocenters. The monoisotopic (exact) mass is 496 g/mol. The first kappa shape index (κ1) is 24.0. The molecule has 0 fully saturated rings. The predicted molar refractivity (Wildman–Crippen MR) is 136 cm³/mol. The molecule has 0 spiro atoms. The third-order valence-electron chi connectivity index (χ3n) is 5.57. The van der Waals surface area contributed by atoms with Crippen LogP contribution in [0.1, 0.15) is 43.5 Å². The Morgan fingerprint density at radius 3 is 2.62 bits per heavy atom. The minimum Gasteiger partial charge on any atom is -0.467 e. The quantitative estimate of drug-likeness (QED) is 0.291. The number of nitrogens with zero attached hydrogens (tertiary/aromatic N) is 3. The van der Waals surface area contributed by atoms with Gasteiger partial charge < -0.3 is 14.6 Å². The fourth-order valence-corrected chi connectivity index (χ4v) is 4.35. The minimum absolute atomic E-state index is 0.0501. The van der Waals surface area contributed by atoms with E-state index in [1.54, 1.807) is 12.3 Å². The number of rotatable bonds is 9. The van der Waals surface area contributed by atoms with Gasteiger partial charge in [0.05, 0.1) is 29.4 Å². The van der Waals surface area contributed by atoms with Crippen LogP contribution >= 0.6 is 23.2 Å². The third kappa shape index (κ3) is 5.69. The fraction of sp³-hybridized carbons (Fsp3) is 0.269. The smallest absolute Gasteiger partial charge is 0.222 e. The minimum atomic E-state index is -0.0867. The first-order valence-electron chi connectivity index (χ1n) is 11.2. The summed E-state index contributed by atoms with van der Waals surface area (Å²) in [6, 6.07) is 17.0. The molecule has 0 aliphatic rings. The molecule has 2 aromatic carbocycles. The largest absolute Gasteiger partial charge is 0.467 e. The van der Waals surface area contributed by atoms with E-state index in [0.717, 1.165) is 16.7 Å². The number of carbonyl (C=O) groups excluding carboxylic acids is 1. The molecule has 0 radical (unpaired) electrons. The summed E-state index contributed by atoms with van der Waals surface area (Å²) in [5.74, 6) is 2.05. The van der Waals surface area contributed by atoms with Crippen LogP contribution in [-0.4, -0.2) is 22.4 Å². The number of halogens is 2. The molecule has 1 N–H and O–H groups in total. The van der Waals surface area contributed by atoms with Crippen molar-refractivity contribution < 1.29 is 9.21 Å². The van der Waals surface area contributed by atoms with Crippen molar-refractivity contribution in [3.8, 4) is 0 Å². The molecule has 0 bridgehead atoms. The van der Waals surface area contributed by atoms with E-state index >= 15 is 0 Å². The van der Waals surface area contributed by atoms with E-state index < -0.39 is 0 Å². The number of fused-ring (bicyclic) bond motifs is 1. The molecule has 8 heteroatoms. The summed E-state index contributed by atoms with van der Waals surface area (Å²) in [7, 11) is 0. The van der Waals surface area contributed by atoms with Gasteiger partial charge in [-0.1, -0.05) is 60.5 Å². The first-order valence-corrected chi connectivity index (χ1v) is 12.0. The number of carbonyl (C=O) groups is 1. The van der Waals surface area contributed by atoms with Crippen molar-refractivity contribution in [3.05, 3.63) is 88.1 Å². The summed E-state index contributed by atoms with van der Waals surface area (Å²) in [4.78, 5) is 24.2. The zero-order valence-electron chi connectivity index (χ0n) is 19.1. The highest BCUT2D eigenvalue weighted by Crippen LogP contribution is 2.33. The molecule has 4 aromatic rings. The van der Waals surface area contributed by atoms with Crippen LogP contribution in [0.3, 0.4) is 0 Å². The maximum atomic E-state index is 12.8. The maximum absolute atomic E-state index is 12.8. The first-order chi connectivity index (χ1) is 16.4. The van der Waals surface area contributed by atoms with E-state index in [1.807, 2.05) is 67.3 Å². The Labute approximate surface area is 208 Å². The van der Waals surface area contributed by atoms with Crippen LogP contribution in [0.4, 0.5) is 5.82 Å². The zero-order chi connectivity index (χ0) is 24.1. The second-order valence-corrected chi connectivity index (χ2v) is 8.90. The highest BCUT2D eigenvalue weighted by Gasteiger charge is 2.20. The second-order valence-electron chi connectivity index (χ2n) is 8.05. The third-order valence-corrected chi connectivity index (χ3v) is 6.08. The molecule has 0 aliphatic carbocycles. The Balaban J connectivity index is 1.62. The van der Waals surface area contributed by atoms with Crippen LogP contribution in [0.5, 0.6) is 0 Å². The summed E-state index contributed by atoms with van der Waals surface area (Å²) in [5, 5.41) is 4.78. The van der Waals surface area contributed by atoms with Gasteiger partial charge in [-0.15, -0.1) is 0 Å². The fourth-order valence-electron chi connectivity index (χ4n) is 3.81. The van der Waals surface area contributed by atoms with Crippen molar-refractivity contribution in [2.75, 3.05) is 11.4 Å². The Bertz CT molecular complexity index is 1260. The van der Waals surface area contributed by atoms with Crippen molar-refractivity contribution in [1.82, 2.24) is 15.3 Å². The van der Waals surface area contributed by atoms with Crippen LogP contribution in [0.15, 0.2) is 65.3 Å². The number of hydrogen-bond acceptors (Lipinski definition) is 5. The van der Waals surface area contributed by atoms with Crippen molar-refractivity contribution >= 4 is 45.8 Å². The molecule has 0 saturated carbocycles. The van der Waals surface area contributed by atoms with Crippen LogP contribution in [-0.2, 0) is 17.8 Å². The van der Waals surface area contributed by atoms with Gasteiger partial charge in [-0.25, -0.2) is 9.97 Å². The van der Waals surface area contributed by atoms with Gasteiger partial charge in [0.15, 0.2) is 0 Å². The summed E-state index contributed by atoms with van der Waals surface area (Å²) in [5.41, 5.74) is 1.70. The molecular weight excluding hydrogens is 471 g/mol. The average Bonchev–Trinajstić information content (AvgIpc) is 3.35. The number of furan rings is 1. The number of aryl methyl sites for hydroxylation is 1. The van der Waals surface area contributed by atoms with Crippen molar-refractivity contribution in [2.45, 2.75) is 39.3 Å². The number of amides is 1. The molecule has 0 saturated heterocycles. The molecule has 4 rings (SSSR count). The van der Waals surface area contributed by atoms with E-state index in [0.29, 0.717) is 46.7 Å². The van der Waals surface area contributed by atoms with E-state index in [4.69, 9.17) is 32.6 Å². The summed E-state index contributed by atoms with van der Waals surface area (Å²) in [6.07, 6.45) is 2.55. The van der Waals surface area contributed by atoms with Gasteiger partial charge in [0.1, 0.15) is 17.4 Å². The molecular formula is C26H26Cl2N4O2. The molecule has 1 amide bonds. The van der Waals surface area contributed by atoms with Gasteiger partial charge in [0, 0.05) is 29.8 Å².